The second-order valence-electron chi connectivity index (χ2n) is 14.4. The fraction of sp³-hybridized carbons (Fsp3) is 0.735. The molecule has 4 aliphatic carbocycles. The summed E-state index contributed by atoms with van der Waals surface area (Å²) in [6.07, 6.45) is 14.9. The van der Waals surface area contributed by atoms with Crippen LogP contribution in [0.2, 0.25) is 0 Å². The number of carbonyl (C=O) groups is 1. The minimum atomic E-state index is -0.781. The molecule has 0 saturated heterocycles. The maximum atomic E-state index is 12.5. The molecule has 5 rings (SSSR count). The average molecular weight is 552 g/mol. The molecule has 6 nitrogen and oxygen atoms in total. The SMILES string of the molecule is CC(C)CCC[C@@H](C)[C@H]1CC[C@H]2[C@@H]3CC=C4C[C@H](OC(=O)Oc5cccc([N+](=O)[O-])c5)CC[C@]4(C)[C@H]3CC[C@]12C. The molecule has 4 aliphatic rings. The number of hydrogen-bond acceptors (Lipinski definition) is 5. The van der Waals surface area contributed by atoms with Gasteiger partial charge in [0.25, 0.3) is 5.69 Å². The molecular formula is C34H49NO5. The smallest absolute Gasteiger partial charge is 0.430 e. The minimum absolute atomic E-state index is 0.113. The molecule has 0 aromatic heterocycles. The first kappa shape index (κ1) is 29.1. The molecule has 220 valence electrons. The Morgan fingerprint density at radius 2 is 1.88 bits per heavy atom. The molecule has 0 aliphatic heterocycles. The monoisotopic (exact) mass is 551 g/mol. The number of nitrogens with zero attached hydrogens (tertiary/aromatic N) is 1. The molecule has 0 amide bonds. The molecule has 1 aromatic rings. The summed E-state index contributed by atoms with van der Waals surface area (Å²) in [6.45, 7) is 12.4. The Hall–Kier alpha value is -2.37. The second-order valence-corrected chi connectivity index (χ2v) is 14.4. The summed E-state index contributed by atoms with van der Waals surface area (Å²) in [5, 5.41) is 11.0. The second kappa shape index (κ2) is 11.5. The summed E-state index contributed by atoms with van der Waals surface area (Å²) in [4.78, 5) is 23.1. The van der Waals surface area contributed by atoms with Gasteiger partial charge in [-0.05, 0) is 97.3 Å². The fourth-order valence-corrected chi connectivity index (χ4v) is 9.67. The third-order valence-corrected chi connectivity index (χ3v) is 11.8. The number of nitro benzene ring substituents is 1. The van der Waals surface area contributed by atoms with Gasteiger partial charge in [-0.3, -0.25) is 10.1 Å². The normalized spacial score (nSPS) is 35.6. The number of fused-ring (bicyclic) bond motifs is 5. The van der Waals surface area contributed by atoms with E-state index in [9.17, 15) is 14.9 Å². The van der Waals surface area contributed by atoms with Crippen LogP contribution in [-0.4, -0.2) is 17.2 Å². The van der Waals surface area contributed by atoms with Crippen molar-refractivity contribution in [3.05, 3.63) is 46.0 Å². The lowest BCUT2D eigenvalue weighted by Gasteiger charge is -2.58. The standard InChI is InChI=1S/C34H49NO5/c1-22(2)8-6-9-23(3)29-14-15-30-28-13-12-24-20-27(16-18-33(24,4)31(28)17-19-34(29,30)5)40-32(36)39-26-11-7-10-25(21-26)35(37)38/h7,10-12,21-23,27-31H,6,8-9,13-20H2,1-5H3/t23-,27-,28+,29-,30+,31+,33+,34-/m1/s1. The van der Waals surface area contributed by atoms with Crippen molar-refractivity contribution in [1.82, 2.24) is 0 Å². The van der Waals surface area contributed by atoms with Crippen molar-refractivity contribution >= 4 is 11.8 Å². The van der Waals surface area contributed by atoms with E-state index in [0.29, 0.717) is 5.41 Å². The maximum Gasteiger partial charge on any atom is 0.514 e. The van der Waals surface area contributed by atoms with E-state index in [2.05, 4.69) is 40.7 Å². The van der Waals surface area contributed by atoms with Gasteiger partial charge in [-0.1, -0.05) is 71.6 Å². The third-order valence-electron chi connectivity index (χ3n) is 11.8. The highest BCUT2D eigenvalue weighted by Gasteiger charge is 2.59. The number of non-ortho nitro benzene ring substituents is 1. The molecule has 6 heteroatoms. The van der Waals surface area contributed by atoms with Gasteiger partial charge in [0.2, 0.25) is 0 Å². The van der Waals surface area contributed by atoms with Crippen LogP contribution in [0.4, 0.5) is 10.5 Å². The summed E-state index contributed by atoms with van der Waals surface area (Å²) in [7, 11) is 0. The third kappa shape index (κ3) is 5.56. The van der Waals surface area contributed by atoms with E-state index in [0.717, 1.165) is 61.2 Å². The minimum Gasteiger partial charge on any atom is -0.430 e. The van der Waals surface area contributed by atoms with Crippen LogP contribution in [0, 0.1) is 56.5 Å². The summed E-state index contributed by atoms with van der Waals surface area (Å²) >= 11 is 0. The van der Waals surface area contributed by atoms with Crippen molar-refractivity contribution in [3.63, 3.8) is 0 Å². The van der Waals surface area contributed by atoms with Crippen molar-refractivity contribution in [2.24, 2.45) is 46.3 Å². The van der Waals surface area contributed by atoms with Gasteiger partial charge in [0.05, 0.1) is 11.0 Å². The summed E-state index contributed by atoms with van der Waals surface area (Å²) < 4.78 is 11.0. The van der Waals surface area contributed by atoms with Crippen LogP contribution in [0.5, 0.6) is 5.75 Å². The zero-order valence-corrected chi connectivity index (χ0v) is 25.2. The molecule has 0 heterocycles. The van der Waals surface area contributed by atoms with E-state index >= 15 is 0 Å². The summed E-state index contributed by atoms with van der Waals surface area (Å²) in [6, 6.07) is 5.66. The van der Waals surface area contributed by atoms with E-state index in [1.165, 1.54) is 74.8 Å². The van der Waals surface area contributed by atoms with Gasteiger partial charge in [0, 0.05) is 12.5 Å². The van der Waals surface area contributed by atoms with Crippen LogP contribution in [0.1, 0.15) is 105 Å². The van der Waals surface area contributed by atoms with Gasteiger partial charge in [-0.2, -0.15) is 0 Å². The lowest BCUT2D eigenvalue weighted by molar-refractivity contribution is -0.384. The Morgan fingerprint density at radius 1 is 1.07 bits per heavy atom. The number of allylic oxidation sites excluding steroid dienone is 1. The Bertz CT molecular complexity index is 1130. The highest BCUT2D eigenvalue weighted by molar-refractivity contribution is 5.64. The van der Waals surface area contributed by atoms with Crippen molar-refractivity contribution in [2.45, 2.75) is 111 Å². The number of rotatable bonds is 8. The molecule has 0 radical (unpaired) electrons. The molecule has 3 saturated carbocycles. The molecule has 8 atom stereocenters. The van der Waals surface area contributed by atoms with Crippen LogP contribution in [-0.2, 0) is 4.74 Å². The summed E-state index contributed by atoms with van der Waals surface area (Å²) in [5.74, 6) is 4.95. The van der Waals surface area contributed by atoms with Crippen LogP contribution >= 0.6 is 0 Å². The van der Waals surface area contributed by atoms with E-state index in [-0.39, 0.29) is 23.0 Å². The van der Waals surface area contributed by atoms with Crippen molar-refractivity contribution < 1.29 is 19.2 Å². The van der Waals surface area contributed by atoms with E-state index in [1.54, 1.807) is 0 Å². The Kier molecular flexibility index (Phi) is 8.37. The number of benzene rings is 1. The van der Waals surface area contributed by atoms with Gasteiger partial charge in [0.1, 0.15) is 11.9 Å². The topological polar surface area (TPSA) is 78.7 Å². The predicted molar refractivity (Wildman–Crippen MR) is 157 cm³/mol. The molecule has 0 bridgehead atoms. The molecular weight excluding hydrogens is 502 g/mol. The van der Waals surface area contributed by atoms with Crippen LogP contribution in [0.3, 0.4) is 0 Å². The molecule has 0 spiro atoms. The van der Waals surface area contributed by atoms with E-state index in [1.807, 2.05) is 0 Å². The highest BCUT2D eigenvalue weighted by Crippen LogP contribution is 2.67. The van der Waals surface area contributed by atoms with Crippen molar-refractivity contribution in [2.75, 3.05) is 0 Å². The van der Waals surface area contributed by atoms with Gasteiger partial charge in [-0.15, -0.1) is 0 Å². The number of nitro groups is 1. The Morgan fingerprint density at radius 3 is 2.62 bits per heavy atom. The van der Waals surface area contributed by atoms with Crippen LogP contribution in [0.15, 0.2) is 35.9 Å². The zero-order valence-electron chi connectivity index (χ0n) is 25.2. The van der Waals surface area contributed by atoms with Gasteiger partial charge >= 0.3 is 6.16 Å². The zero-order chi connectivity index (χ0) is 28.7. The molecule has 0 N–H and O–H groups in total. The molecule has 40 heavy (non-hydrogen) atoms. The summed E-state index contributed by atoms with van der Waals surface area (Å²) in [5.41, 5.74) is 2.03. The number of ether oxygens (including phenoxy) is 2. The van der Waals surface area contributed by atoms with Crippen molar-refractivity contribution in [1.29, 1.82) is 0 Å². The Balaban J connectivity index is 1.21. The van der Waals surface area contributed by atoms with E-state index < -0.39 is 11.1 Å². The van der Waals surface area contributed by atoms with Gasteiger partial charge in [0.15, 0.2) is 0 Å². The molecule has 0 unspecified atom stereocenters. The van der Waals surface area contributed by atoms with Gasteiger partial charge < -0.3 is 9.47 Å². The van der Waals surface area contributed by atoms with Crippen molar-refractivity contribution in [3.8, 4) is 5.75 Å². The first-order valence-electron chi connectivity index (χ1n) is 15.8. The maximum absolute atomic E-state index is 12.5. The van der Waals surface area contributed by atoms with Crippen LogP contribution in [0.25, 0.3) is 0 Å². The highest BCUT2D eigenvalue weighted by atomic mass is 16.7. The predicted octanol–water partition coefficient (Wildman–Crippen LogP) is 9.52. The van der Waals surface area contributed by atoms with Crippen LogP contribution < -0.4 is 4.74 Å². The van der Waals surface area contributed by atoms with Gasteiger partial charge in [-0.25, -0.2) is 4.79 Å². The number of carbonyl (C=O) groups excluding carboxylic acids is 1. The average Bonchev–Trinajstić information content (AvgIpc) is 3.26. The fourth-order valence-electron chi connectivity index (χ4n) is 9.67. The Labute approximate surface area is 240 Å². The lowest BCUT2D eigenvalue weighted by atomic mass is 9.47. The molecule has 3 fully saturated rings. The molecule has 1 aromatic carbocycles. The quantitative estimate of drug-likeness (QED) is 0.106. The van der Waals surface area contributed by atoms with E-state index in [4.69, 9.17) is 9.47 Å². The first-order chi connectivity index (χ1) is 19.0. The first-order valence-corrected chi connectivity index (χ1v) is 15.8. The lowest BCUT2D eigenvalue weighted by Crippen LogP contribution is -2.51. The number of hydrogen-bond donors (Lipinski definition) is 0. The largest absolute Gasteiger partial charge is 0.514 e.